The Labute approximate surface area is 451 Å². The van der Waals surface area contributed by atoms with Crippen LogP contribution in [0.15, 0.2) is 91.0 Å². The van der Waals surface area contributed by atoms with E-state index in [1.54, 1.807) is 0 Å². The molecule has 0 radical (unpaired) electrons. The van der Waals surface area contributed by atoms with Crippen molar-refractivity contribution >= 4 is 44.1 Å². The van der Waals surface area contributed by atoms with Crippen LogP contribution in [0.4, 0.5) is 0 Å². The number of fused-ring (bicyclic) bond motifs is 25. The molecule has 0 unspecified atom stereocenters. The number of hydrogen-bond donors (Lipinski definition) is 2. The van der Waals surface area contributed by atoms with Gasteiger partial charge in [0.15, 0.2) is 0 Å². The fourth-order valence-electron chi connectivity index (χ4n) is 13.5. The van der Waals surface area contributed by atoms with E-state index >= 15 is 0 Å². The minimum Gasteiger partial charge on any atom is -0.508 e. The second kappa shape index (κ2) is 19.5. The predicted octanol–water partition coefficient (Wildman–Crippen LogP) is 13.5. The Bertz CT molecular complexity index is 3810. The Morgan fingerprint density at radius 1 is 0.560 bits per heavy atom. The van der Waals surface area contributed by atoms with Crippen molar-refractivity contribution in [3.63, 3.8) is 0 Å². The standard InChI is InChI=1S/C64H62N8O2.Zn/c1-5-8-11-37-14-20-46-50(32-37)59-65-55(46)67-60-52-34-39(13-10-7-3)16-22-48(52)57(69-60)71-62-53-35-40(17-23-49(53)58(72-62)70-61-51-33-38(12-9-6-2)15-21-47(51)56(66-59)68-61)26-30-64(74)31-28-54-45-24-18-41-36-42(73)19-25-43(41)44(45)27-29-63(54,64)4;/h14-17,19-23,25,32-36,44-45,54,74H,5-13,18,24,27-29,31H2,1-4H3,(H-2,65,66,67,68,69,70,71,72,73);/q-2;+2/t44-,45-,54+,63+,64-;/m1./s1. The van der Waals surface area contributed by atoms with Gasteiger partial charge in [-0.05, 0) is 174 Å². The van der Waals surface area contributed by atoms with Crippen LogP contribution in [0.3, 0.4) is 0 Å². The summed E-state index contributed by atoms with van der Waals surface area (Å²) in [6.07, 6.45) is 15.0. The molecule has 3 aromatic heterocycles. The molecule has 5 heterocycles. The number of phenols is 1. The Morgan fingerprint density at radius 2 is 1.09 bits per heavy atom. The third kappa shape index (κ3) is 8.48. The van der Waals surface area contributed by atoms with E-state index in [0.29, 0.717) is 75.8 Å². The summed E-state index contributed by atoms with van der Waals surface area (Å²) in [5.41, 5.74) is 11.3. The van der Waals surface area contributed by atoms with Gasteiger partial charge in [0, 0.05) is 55.8 Å². The minimum absolute atomic E-state index is 0. The van der Waals surface area contributed by atoms with E-state index in [4.69, 9.17) is 39.9 Å². The van der Waals surface area contributed by atoms with E-state index < -0.39 is 5.60 Å². The van der Waals surface area contributed by atoms with Gasteiger partial charge in [-0.15, -0.1) is 0 Å². The van der Waals surface area contributed by atoms with Gasteiger partial charge < -0.3 is 40.1 Å². The summed E-state index contributed by atoms with van der Waals surface area (Å²) in [4.78, 5) is 42.1. The van der Waals surface area contributed by atoms with E-state index in [9.17, 15) is 10.2 Å². The van der Waals surface area contributed by atoms with Crippen molar-refractivity contribution < 1.29 is 29.7 Å². The van der Waals surface area contributed by atoms with Crippen molar-refractivity contribution in [1.29, 1.82) is 0 Å². The van der Waals surface area contributed by atoms with Gasteiger partial charge >= 0.3 is 19.5 Å². The maximum absolute atomic E-state index is 12.7. The van der Waals surface area contributed by atoms with Crippen molar-refractivity contribution in [2.45, 2.75) is 136 Å². The molecule has 0 saturated heterocycles. The number of aliphatic hydroxyl groups is 1. The molecule has 75 heavy (non-hydrogen) atoms. The molecule has 0 spiro atoms. The van der Waals surface area contributed by atoms with E-state index in [-0.39, 0.29) is 24.9 Å². The number of aromatic nitrogens is 8. The van der Waals surface area contributed by atoms with Gasteiger partial charge in [0.25, 0.3) is 0 Å². The molecule has 13 rings (SSSR count). The zero-order valence-electron chi connectivity index (χ0n) is 43.7. The van der Waals surface area contributed by atoms with Crippen LogP contribution in [0, 0.1) is 29.1 Å². The second-order valence-corrected chi connectivity index (χ2v) is 22.1. The summed E-state index contributed by atoms with van der Waals surface area (Å²) >= 11 is 0. The molecule has 10 nitrogen and oxygen atoms in total. The van der Waals surface area contributed by atoms with Crippen LogP contribution in [-0.4, -0.2) is 45.7 Å². The topological polar surface area (TPSA) is 146 Å². The van der Waals surface area contributed by atoms with Crippen LogP contribution < -0.4 is 9.97 Å². The first-order valence-corrected chi connectivity index (χ1v) is 27.4. The van der Waals surface area contributed by atoms with Crippen molar-refractivity contribution in [3.05, 3.63) is 124 Å². The number of unbranched alkanes of at least 4 members (excludes halogenated alkanes) is 3. The van der Waals surface area contributed by atoms with E-state index in [1.165, 1.54) is 27.8 Å². The number of nitrogens with zero attached hydrogens (tertiary/aromatic N) is 8. The predicted molar refractivity (Wildman–Crippen MR) is 294 cm³/mol. The molecular weight excluding hydrogens is 978 g/mol. The average Bonchev–Trinajstić information content (AvgIpc) is 4.20. The third-order valence-corrected chi connectivity index (χ3v) is 17.6. The molecule has 8 bridgehead atoms. The first-order chi connectivity index (χ1) is 36.1. The number of rotatable bonds is 9. The van der Waals surface area contributed by atoms with Gasteiger partial charge in [-0.25, -0.2) is 9.97 Å². The van der Waals surface area contributed by atoms with Crippen molar-refractivity contribution in [1.82, 2.24) is 39.9 Å². The first kappa shape index (κ1) is 49.3. The van der Waals surface area contributed by atoms with Crippen molar-refractivity contribution in [2.75, 3.05) is 0 Å². The quantitative estimate of drug-likeness (QED) is 0.106. The number of hydrogen-bond acceptors (Lipinski definition) is 8. The second-order valence-electron chi connectivity index (χ2n) is 22.1. The molecule has 2 N–H and O–H groups in total. The molecule has 372 valence electrons. The van der Waals surface area contributed by atoms with E-state index in [0.717, 1.165) is 139 Å². The van der Waals surface area contributed by atoms with Crippen LogP contribution in [0.1, 0.15) is 138 Å². The maximum Gasteiger partial charge on any atom is 2.00 e. The van der Waals surface area contributed by atoms with Crippen LogP contribution >= 0.6 is 0 Å². The van der Waals surface area contributed by atoms with Gasteiger partial charge in [0.2, 0.25) is 0 Å². The minimum atomic E-state index is -1.13. The van der Waals surface area contributed by atoms with E-state index in [1.807, 2.05) is 24.3 Å². The van der Waals surface area contributed by atoms with Gasteiger partial charge in [-0.2, -0.15) is 0 Å². The Morgan fingerprint density at radius 3 is 1.69 bits per heavy atom. The maximum atomic E-state index is 12.7. The Balaban J connectivity index is 0.00000569. The molecule has 2 fully saturated rings. The molecule has 5 aliphatic rings. The molecule has 2 aliphatic heterocycles. The van der Waals surface area contributed by atoms with Crippen LogP contribution in [0.25, 0.3) is 89.7 Å². The largest absolute Gasteiger partial charge is 2.00 e. The average molecular weight is 1040 g/mol. The van der Waals surface area contributed by atoms with Crippen LogP contribution in [-0.2, 0) is 45.2 Å². The molecule has 5 aromatic carbocycles. The summed E-state index contributed by atoms with van der Waals surface area (Å²) in [6.45, 7) is 8.94. The third-order valence-electron chi connectivity index (χ3n) is 17.6. The Kier molecular flexibility index (Phi) is 12.8. The molecule has 3 aliphatic carbocycles. The first-order valence-electron chi connectivity index (χ1n) is 27.4. The fourth-order valence-corrected chi connectivity index (χ4v) is 13.5. The summed E-state index contributed by atoms with van der Waals surface area (Å²) in [6, 6.07) is 31.7. The van der Waals surface area contributed by atoms with Gasteiger partial charge in [0.1, 0.15) is 11.4 Å². The summed E-state index contributed by atoms with van der Waals surface area (Å²) in [5.74, 6) is 10.8. The molecule has 2 saturated carbocycles. The SMILES string of the molecule is CCCCc1ccc2c(c1)-c1nc-2nc2[n-]c(nc3nc(nc4[n-]c(n1)c1ccc(CCCC)cc41)-c1ccc(C#C[C@@]4(O)CC[C@H]5[C@@H]6CCc7cc(O)ccc7[C@H]6CC[C@@]54C)cc1-3)c1ccc(CCCC)cc21.[Zn+2]. The molecular formula is C64H62N8O2Zn. The van der Waals surface area contributed by atoms with Crippen LogP contribution in [0.5, 0.6) is 5.75 Å². The number of benzene rings is 5. The van der Waals surface area contributed by atoms with Crippen LogP contribution in [0.2, 0.25) is 0 Å². The summed E-state index contributed by atoms with van der Waals surface area (Å²) in [5, 5.41) is 26.6. The summed E-state index contributed by atoms with van der Waals surface area (Å²) in [7, 11) is 0. The fraction of sp³-hybridized carbons (Fsp3) is 0.375. The van der Waals surface area contributed by atoms with Gasteiger partial charge in [0.05, 0.1) is 23.3 Å². The number of aryl methyl sites for hydroxylation is 4. The van der Waals surface area contributed by atoms with Gasteiger partial charge in [-0.1, -0.05) is 119 Å². The normalized spacial score (nSPS) is 21.1. The van der Waals surface area contributed by atoms with Crippen molar-refractivity contribution in [2.24, 2.45) is 17.3 Å². The summed E-state index contributed by atoms with van der Waals surface area (Å²) < 4.78 is 0. The zero-order valence-corrected chi connectivity index (χ0v) is 46.6. The van der Waals surface area contributed by atoms with E-state index in [2.05, 4.69) is 106 Å². The molecule has 8 aromatic rings. The number of aromatic hydroxyl groups is 1. The molecule has 11 heteroatoms. The van der Waals surface area contributed by atoms with Crippen molar-refractivity contribution in [3.8, 4) is 63.1 Å². The zero-order chi connectivity index (χ0) is 50.3. The van der Waals surface area contributed by atoms with Gasteiger partial charge in [-0.3, -0.25) is 0 Å². The molecule has 0 amide bonds. The number of phenolic OH excluding ortho intramolecular Hbond substituents is 1. The monoisotopic (exact) mass is 1040 g/mol. The smallest absolute Gasteiger partial charge is 0.508 e. The Hall–Kier alpha value is -6.60. The molecule has 5 atom stereocenters.